The minimum Gasteiger partial charge on any atom is -0.243 e. The monoisotopic (exact) mass is 188 g/mol. The van der Waals surface area contributed by atoms with Gasteiger partial charge in [0, 0.05) is 0 Å². The highest BCUT2D eigenvalue weighted by Crippen LogP contribution is 2.33. The van der Waals surface area contributed by atoms with E-state index >= 15 is 0 Å². The Balaban J connectivity index is 2.75. The Labute approximate surface area is 70.1 Å². The molecule has 1 aromatic heterocycles. The van der Waals surface area contributed by atoms with Crippen molar-refractivity contribution in [2.45, 2.75) is 6.18 Å². The van der Waals surface area contributed by atoms with Crippen LogP contribution in [0.5, 0.6) is 0 Å². The standard InChI is InChI=1S/C7H3F3N2O/c8-7(9,10)4-2-1-3-5-6(4)12-13-11-5/h1-3H. The van der Waals surface area contributed by atoms with E-state index in [-0.39, 0.29) is 11.0 Å². The van der Waals surface area contributed by atoms with Crippen molar-refractivity contribution in [2.75, 3.05) is 0 Å². The highest BCUT2D eigenvalue weighted by Gasteiger charge is 2.33. The maximum absolute atomic E-state index is 12.3. The first-order valence-corrected chi connectivity index (χ1v) is 3.37. The first kappa shape index (κ1) is 8.03. The second-order valence-corrected chi connectivity index (χ2v) is 2.44. The minimum atomic E-state index is -4.42. The Bertz CT molecular complexity index is 434. The zero-order chi connectivity index (χ0) is 9.47. The molecule has 0 saturated heterocycles. The molecule has 0 atom stereocenters. The average molecular weight is 188 g/mol. The molecule has 1 heterocycles. The van der Waals surface area contributed by atoms with Crippen LogP contribution in [0.15, 0.2) is 22.8 Å². The van der Waals surface area contributed by atoms with E-state index in [9.17, 15) is 13.2 Å². The van der Waals surface area contributed by atoms with E-state index in [0.717, 1.165) is 6.07 Å². The van der Waals surface area contributed by atoms with Crippen molar-refractivity contribution < 1.29 is 17.8 Å². The van der Waals surface area contributed by atoms with Crippen molar-refractivity contribution in [1.29, 1.82) is 0 Å². The predicted octanol–water partition coefficient (Wildman–Crippen LogP) is 2.24. The quantitative estimate of drug-likeness (QED) is 0.636. The predicted molar refractivity (Wildman–Crippen MR) is 36.8 cm³/mol. The SMILES string of the molecule is FC(F)(F)c1cccc2nonc12. The van der Waals surface area contributed by atoms with Crippen LogP contribution in [0.3, 0.4) is 0 Å². The molecule has 1 aromatic carbocycles. The summed E-state index contributed by atoms with van der Waals surface area (Å²) in [4.78, 5) is 0. The molecule has 0 radical (unpaired) electrons. The van der Waals surface area contributed by atoms with Gasteiger partial charge in [-0.3, -0.25) is 0 Å². The molecule has 0 saturated carbocycles. The number of aromatic nitrogens is 2. The summed E-state index contributed by atoms with van der Waals surface area (Å²) in [5, 5.41) is 6.49. The molecule has 0 spiro atoms. The first-order chi connectivity index (χ1) is 6.09. The van der Waals surface area contributed by atoms with E-state index in [1.807, 2.05) is 0 Å². The van der Waals surface area contributed by atoms with Crippen LogP contribution < -0.4 is 0 Å². The Kier molecular flexibility index (Phi) is 1.51. The van der Waals surface area contributed by atoms with E-state index < -0.39 is 11.7 Å². The van der Waals surface area contributed by atoms with E-state index in [4.69, 9.17) is 0 Å². The van der Waals surface area contributed by atoms with Crippen molar-refractivity contribution in [3.05, 3.63) is 23.8 Å². The molecule has 0 amide bonds. The molecule has 2 rings (SSSR count). The zero-order valence-corrected chi connectivity index (χ0v) is 6.17. The van der Waals surface area contributed by atoms with E-state index in [1.165, 1.54) is 12.1 Å². The van der Waals surface area contributed by atoms with Gasteiger partial charge in [-0.2, -0.15) is 13.2 Å². The van der Waals surface area contributed by atoms with Gasteiger partial charge >= 0.3 is 6.18 Å². The van der Waals surface area contributed by atoms with Crippen molar-refractivity contribution in [3.8, 4) is 0 Å². The number of fused-ring (bicyclic) bond motifs is 1. The van der Waals surface area contributed by atoms with Gasteiger partial charge in [-0.05, 0) is 22.4 Å². The molecule has 6 heteroatoms. The minimum absolute atomic E-state index is 0.106. The molecule has 0 aliphatic rings. The third-order valence-electron chi connectivity index (χ3n) is 1.59. The first-order valence-electron chi connectivity index (χ1n) is 3.37. The van der Waals surface area contributed by atoms with Crippen LogP contribution in [0.1, 0.15) is 5.56 Å². The highest BCUT2D eigenvalue weighted by atomic mass is 19.4. The molecule has 0 N–H and O–H groups in total. The summed E-state index contributed by atoms with van der Waals surface area (Å²) in [6.07, 6.45) is -4.42. The number of nitrogens with zero attached hydrogens (tertiary/aromatic N) is 2. The summed E-state index contributed by atoms with van der Waals surface area (Å²) in [5.41, 5.74) is -0.976. The molecule has 2 aromatic rings. The zero-order valence-electron chi connectivity index (χ0n) is 6.17. The Hall–Kier alpha value is -1.59. The molecule has 0 bridgehead atoms. The molecule has 13 heavy (non-hydrogen) atoms. The third kappa shape index (κ3) is 1.24. The van der Waals surface area contributed by atoms with Crippen molar-refractivity contribution in [3.63, 3.8) is 0 Å². The Morgan fingerprint density at radius 3 is 2.62 bits per heavy atom. The summed E-state index contributed by atoms with van der Waals surface area (Å²) < 4.78 is 41.1. The van der Waals surface area contributed by atoms with Gasteiger partial charge in [-0.15, -0.1) is 0 Å². The van der Waals surface area contributed by atoms with Gasteiger partial charge < -0.3 is 0 Å². The molecular weight excluding hydrogens is 185 g/mol. The lowest BCUT2D eigenvalue weighted by Crippen LogP contribution is -2.05. The van der Waals surface area contributed by atoms with Crippen LogP contribution in [0.25, 0.3) is 11.0 Å². The normalized spacial score (nSPS) is 12.2. The lowest BCUT2D eigenvalue weighted by molar-refractivity contribution is -0.136. The lowest BCUT2D eigenvalue weighted by Gasteiger charge is -2.04. The second kappa shape index (κ2) is 2.45. The molecule has 3 nitrogen and oxygen atoms in total. The van der Waals surface area contributed by atoms with Crippen LogP contribution in [0.2, 0.25) is 0 Å². The molecule has 0 aliphatic carbocycles. The number of hydrogen-bond donors (Lipinski definition) is 0. The summed E-state index contributed by atoms with van der Waals surface area (Å²) in [7, 11) is 0. The van der Waals surface area contributed by atoms with Gasteiger partial charge in [0.05, 0.1) is 5.56 Å². The van der Waals surface area contributed by atoms with Crippen LogP contribution >= 0.6 is 0 Å². The molecule has 0 aliphatic heterocycles. The fraction of sp³-hybridized carbons (Fsp3) is 0.143. The van der Waals surface area contributed by atoms with Crippen molar-refractivity contribution in [1.82, 2.24) is 10.3 Å². The van der Waals surface area contributed by atoms with Crippen LogP contribution in [0, 0.1) is 0 Å². The van der Waals surface area contributed by atoms with Gasteiger partial charge in [0.1, 0.15) is 11.0 Å². The number of halogens is 3. The third-order valence-corrected chi connectivity index (χ3v) is 1.59. The summed E-state index contributed by atoms with van der Waals surface area (Å²) in [6.45, 7) is 0. The lowest BCUT2D eigenvalue weighted by atomic mass is 10.2. The smallest absolute Gasteiger partial charge is 0.243 e. The van der Waals surface area contributed by atoms with Crippen molar-refractivity contribution in [2.24, 2.45) is 0 Å². The summed E-state index contributed by atoms with van der Waals surface area (Å²) >= 11 is 0. The van der Waals surface area contributed by atoms with E-state index in [0.29, 0.717) is 0 Å². The van der Waals surface area contributed by atoms with Gasteiger partial charge in [0.15, 0.2) is 0 Å². The Morgan fingerprint density at radius 2 is 1.92 bits per heavy atom. The van der Waals surface area contributed by atoms with Gasteiger partial charge in [0.25, 0.3) is 0 Å². The molecule has 0 unspecified atom stereocenters. The number of rotatable bonds is 0. The van der Waals surface area contributed by atoms with Crippen molar-refractivity contribution >= 4 is 11.0 Å². The van der Waals surface area contributed by atoms with Gasteiger partial charge in [0.2, 0.25) is 0 Å². The topological polar surface area (TPSA) is 38.9 Å². The number of alkyl halides is 3. The largest absolute Gasteiger partial charge is 0.418 e. The highest BCUT2D eigenvalue weighted by molar-refractivity contribution is 5.77. The second-order valence-electron chi connectivity index (χ2n) is 2.44. The van der Waals surface area contributed by atoms with E-state index in [2.05, 4.69) is 14.9 Å². The maximum atomic E-state index is 12.3. The molecule has 68 valence electrons. The fourth-order valence-corrected chi connectivity index (χ4v) is 1.03. The van der Waals surface area contributed by atoms with Crippen LogP contribution in [-0.2, 0) is 6.18 Å². The fourth-order valence-electron chi connectivity index (χ4n) is 1.03. The Morgan fingerprint density at radius 1 is 1.15 bits per heavy atom. The summed E-state index contributed by atoms with van der Waals surface area (Å²) in [6, 6.07) is 3.60. The molecular formula is C7H3F3N2O. The van der Waals surface area contributed by atoms with Crippen LogP contribution in [0.4, 0.5) is 13.2 Å². The average Bonchev–Trinajstić information content (AvgIpc) is 2.48. The summed E-state index contributed by atoms with van der Waals surface area (Å²) in [5.74, 6) is 0. The van der Waals surface area contributed by atoms with Crippen LogP contribution in [-0.4, -0.2) is 10.3 Å². The number of benzene rings is 1. The maximum Gasteiger partial charge on any atom is 0.418 e. The van der Waals surface area contributed by atoms with E-state index in [1.54, 1.807) is 0 Å². The van der Waals surface area contributed by atoms with Gasteiger partial charge in [-0.25, -0.2) is 4.63 Å². The molecule has 0 fully saturated rings. The van der Waals surface area contributed by atoms with Gasteiger partial charge in [-0.1, -0.05) is 6.07 Å². The number of hydrogen-bond acceptors (Lipinski definition) is 3.